The lowest BCUT2D eigenvalue weighted by atomic mass is 10.2. The Bertz CT molecular complexity index is 740. The van der Waals surface area contributed by atoms with Crippen LogP contribution in [-0.2, 0) is 5.75 Å². The number of hydrogen-bond acceptors (Lipinski definition) is 4. The second kappa shape index (κ2) is 6.01. The van der Waals surface area contributed by atoms with E-state index in [1.165, 1.54) is 23.9 Å². The first-order valence-electron chi connectivity index (χ1n) is 6.33. The van der Waals surface area contributed by atoms with Gasteiger partial charge in [0.05, 0.1) is 11.9 Å². The fraction of sp³-hybridized carbons (Fsp3) is 0.0625. The minimum Gasteiger partial charge on any atom is -0.508 e. The van der Waals surface area contributed by atoms with Gasteiger partial charge in [0.25, 0.3) is 0 Å². The number of halogens is 1. The summed E-state index contributed by atoms with van der Waals surface area (Å²) in [6.07, 6.45) is 1.63. The van der Waals surface area contributed by atoms with E-state index in [0.29, 0.717) is 17.4 Å². The molecule has 0 fully saturated rings. The average molecular weight is 301 g/mol. The van der Waals surface area contributed by atoms with Crippen LogP contribution in [0.25, 0.3) is 11.3 Å². The van der Waals surface area contributed by atoms with Crippen molar-refractivity contribution in [2.75, 3.05) is 0 Å². The van der Waals surface area contributed by atoms with E-state index >= 15 is 0 Å². The summed E-state index contributed by atoms with van der Waals surface area (Å²) in [5, 5.41) is 9.40. The maximum absolute atomic E-state index is 12.9. The first-order chi connectivity index (χ1) is 10.2. The number of hydrogen-bond donors (Lipinski definition) is 1. The zero-order chi connectivity index (χ0) is 14.7. The molecule has 0 spiro atoms. The number of oxazole rings is 1. The Labute approximate surface area is 125 Å². The number of rotatable bonds is 4. The van der Waals surface area contributed by atoms with Gasteiger partial charge in [-0.2, -0.15) is 0 Å². The molecule has 1 N–H and O–H groups in total. The number of aromatic hydroxyl groups is 1. The Hall–Kier alpha value is -2.27. The second-order valence-corrected chi connectivity index (χ2v) is 5.46. The monoisotopic (exact) mass is 301 g/mol. The van der Waals surface area contributed by atoms with Crippen LogP contribution in [0.3, 0.4) is 0 Å². The summed E-state index contributed by atoms with van der Waals surface area (Å²) in [5.74, 6) is 1.71. The van der Waals surface area contributed by atoms with Gasteiger partial charge in [-0.05, 0) is 42.5 Å². The summed E-state index contributed by atoms with van der Waals surface area (Å²) >= 11 is 1.52. The van der Waals surface area contributed by atoms with E-state index in [9.17, 15) is 9.50 Å². The van der Waals surface area contributed by atoms with Crippen molar-refractivity contribution in [1.82, 2.24) is 4.98 Å². The third-order valence-electron chi connectivity index (χ3n) is 2.86. The molecule has 2 aromatic carbocycles. The highest BCUT2D eigenvalue weighted by Crippen LogP contribution is 2.27. The Balaban J connectivity index is 1.69. The van der Waals surface area contributed by atoms with E-state index in [1.54, 1.807) is 36.5 Å². The quantitative estimate of drug-likeness (QED) is 0.722. The summed E-state index contributed by atoms with van der Waals surface area (Å²) < 4.78 is 18.5. The number of phenols is 1. The van der Waals surface area contributed by atoms with Crippen LogP contribution in [0.1, 0.15) is 5.89 Å². The van der Waals surface area contributed by atoms with Crippen molar-refractivity contribution in [3.8, 4) is 17.1 Å². The van der Waals surface area contributed by atoms with Crippen LogP contribution < -0.4 is 0 Å². The molecule has 0 amide bonds. The molecule has 1 heterocycles. The molecule has 106 valence electrons. The van der Waals surface area contributed by atoms with Crippen LogP contribution in [0.2, 0.25) is 0 Å². The fourth-order valence-corrected chi connectivity index (χ4v) is 2.65. The first kappa shape index (κ1) is 13.7. The summed E-state index contributed by atoms with van der Waals surface area (Å²) in [7, 11) is 0. The normalized spacial score (nSPS) is 10.7. The molecule has 3 rings (SSSR count). The zero-order valence-electron chi connectivity index (χ0n) is 11.0. The SMILES string of the molecule is Oc1cccc(SCc2ncc(-c3ccc(F)cc3)o2)c1. The summed E-state index contributed by atoms with van der Waals surface area (Å²) in [5.41, 5.74) is 0.789. The topological polar surface area (TPSA) is 46.3 Å². The van der Waals surface area contributed by atoms with Crippen LogP contribution in [-0.4, -0.2) is 10.1 Å². The Morgan fingerprint density at radius 1 is 1.14 bits per heavy atom. The lowest BCUT2D eigenvalue weighted by Crippen LogP contribution is -1.79. The number of aromatic nitrogens is 1. The molecule has 0 atom stereocenters. The maximum atomic E-state index is 12.9. The molecule has 0 bridgehead atoms. The fourth-order valence-electron chi connectivity index (χ4n) is 1.84. The van der Waals surface area contributed by atoms with Gasteiger partial charge >= 0.3 is 0 Å². The molecule has 0 saturated heterocycles. The lowest BCUT2D eigenvalue weighted by Gasteiger charge is -1.99. The molecule has 0 aliphatic heterocycles. The number of thioether (sulfide) groups is 1. The lowest BCUT2D eigenvalue weighted by molar-refractivity contribution is 0.474. The van der Waals surface area contributed by atoms with Crippen LogP contribution in [0.5, 0.6) is 5.75 Å². The molecule has 0 aliphatic rings. The number of phenolic OH excluding ortho intramolecular Hbond substituents is 1. The van der Waals surface area contributed by atoms with Crippen molar-refractivity contribution < 1.29 is 13.9 Å². The second-order valence-electron chi connectivity index (χ2n) is 4.41. The molecule has 0 saturated carbocycles. The standard InChI is InChI=1S/C16H12FNO2S/c17-12-6-4-11(5-7-12)15-9-18-16(20-15)10-21-14-3-1-2-13(19)8-14/h1-9,19H,10H2. The van der Waals surface area contributed by atoms with Crippen LogP contribution in [0, 0.1) is 5.82 Å². The van der Waals surface area contributed by atoms with Crippen LogP contribution in [0.15, 0.2) is 64.0 Å². The minimum atomic E-state index is -0.280. The third kappa shape index (κ3) is 3.44. The van der Waals surface area contributed by atoms with E-state index in [2.05, 4.69) is 4.98 Å². The van der Waals surface area contributed by atoms with E-state index in [1.807, 2.05) is 6.07 Å². The van der Waals surface area contributed by atoms with Crippen molar-refractivity contribution in [3.05, 3.63) is 66.4 Å². The van der Waals surface area contributed by atoms with Gasteiger partial charge in [0.2, 0.25) is 5.89 Å². The molecule has 0 radical (unpaired) electrons. The van der Waals surface area contributed by atoms with Gasteiger partial charge in [0.1, 0.15) is 11.6 Å². The summed E-state index contributed by atoms with van der Waals surface area (Å²) in [4.78, 5) is 5.15. The van der Waals surface area contributed by atoms with Crippen molar-refractivity contribution in [2.24, 2.45) is 0 Å². The number of benzene rings is 2. The van der Waals surface area contributed by atoms with E-state index in [0.717, 1.165) is 10.5 Å². The predicted molar refractivity (Wildman–Crippen MR) is 79.6 cm³/mol. The van der Waals surface area contributed by atoms with Gasteiger partial charge < -0.3 is 9.52 Å². The smallest absolute Gasteiger partial charge is 0.205 e. The van der Waals surface area contributed by atoms with Crippen LogP contribution >= 0.6 is 11.8 Å². The van der Waals surface area contributed by atoms with Crippen molar-refractivity contribution >= 4 is 11.8 Å². The Morgan fingerprint density at radius 3 is 2.71 bits per heavy atom. The predicted octanol–water partition coefficient (Wildman–Crippen LogP) is 4.48. The molecule has 3 aromatic rings. The van der Waals surface area contributed by atoms with E-state index in [-0.39, 0.29) is 11.6 Å². The Morgan fingerprint density at radius 2 is 1.95 bits per heavy atom. The number of nitrogens with zero attached hydrogens (tertiary/aromatic N) is 1. The van der Waals surface area contributed by atoms with Crippen LogP contribution in [0.4, 0.5) is 4.39 Å². The molecular formula is C16H12FNO2S. The van der Waals surface area contributed by atoms with Gasteiger partial charge in [-0.3, -0.25) is 0 Å². The van der Waals surface area contributed by atoms with Crippen molar-refractivity contribution in [1.29, 1.82) is 0 Å². The van der Waals surface area contributed by atoms with Crippen molar-refractivity contribution in [3.63, 3.8) is 0 Å². The average Bonchev–Trinajstić information content (AvgIpc) is 2.95. The van der Waals surface area contributed by atoms with Gasteiger partial charge in [0.15, 0.2) is 5.76 Å². The highest BCUT2D eigenvalue weighted by atomic mass is 32.2. The first-order valence-corrected chi connectivity index (χ1v) is 7.32. The largest absolute Gasteiger partial charge is 0.508 e. The molecular weight excluding hydrogens is 289 g/mol. The molecule has 21 heavy (non-hydrogen) atoms. The minimum absolute atomic E-state index is 0.236. The van der Waals surface area contributed by atoms with E-state index < -0.39 is 0 Å². The highest BCUT2D eigenvalue weighted by Gasteiger charge is 2.07. The van der Waals surface area contributed by atoms with Gasteiger partial charge in [0, 0.05) is 10.5 Å². The zero-order valence-corrected chi connectivity index (χ0v) is 11.8. The van der Waals surface area contributed by atoms with Gasteiger partial charge in [-0.15, -0.1) is 11.8 Å². The Kier molecular flexibility index (Phi) is 3.92. The van der Waals surface area contributed by atoms with Gasteiger partial charge in [-0.1, -0.05) is 6.07 Å². The van der Waals surface area contributed by atoms with Crippen molar-refractivity contribution in [2.45, 2.75) is 10.6 Å². The molecule has 0 aliphatic carbocycles. The molecule has 3 nitrogen and oxygen atoms in total. The molecule has 0 unspecified atom stereocenters. The van der Waals surface area contributed by atoms with Gasteiger partial charge in [-0.25, -0.2) is 9.37 Å². The third-order valence-corrected chi connectivity index (χ3v) is 3.84. The van der Waals surface area contributed by atoms with E-state index in [4.69, 9.17) is 4.42 Å². The highest BCUT2D eigenvalue weighted by molar-refractivity contribution is 7.98. The summed E-state index contributed by atoms with van der Waals surface area (Å²) in [6.45, 7) is 0. The maximum Gasteiger partial charge on any atom is 0.205 e. The summed E-state index contributed by atoms with van der Waals surface area (Å²) in [6, 6.07) is 13.1. The molecule has 5 heteroatoms. The molecule has 1 aromatic heterocycles.